The molecule has 1 fully saturated rings. The van der Waals surface area contributed by atoms with Crippen LogP contribution in [-0.4, -0.2) is 41.6 Å². The smallest absolute Gasteiger partial charge is 0.317 e. The van der Waals surface area contributed by atoms with Crippen molar-refractivity contribution in [1.29, 1.82) is 0 Å². The van der Waals surface area contributed by atoms with Crippen LogP contribution in [0.3, 0.4) is 0 Å². The van der Waals surface area contributed by atoms with Crippen LogP contribution in [0.1, 0.15) is 58.3 Å². The molecule has 0 aromatic heterocycles. The van der Waals surface area contributed by atoms with Crippen LogP contribution in [0.25, 0.3) is 0 Å². The maximum absolute atomic E-state index is 12.1. The molecule has 5 nitrogen and oxygen atoms in total. The van der Waals surface area contributed by atoms with Crippen molar-refractivity contribution < 1.29 is 14.7 Å². The summed E-state index contributed by atoms with van der Waals surface area (Å²) < 4.78 is 0. The Kier molecular flexibility index (Phi) is 7.41. The van der Waals surface area contributed by atoms with Gasteiger partial charge in [-0.25, -0.2) is 4.79 Å². The van der Waals surface area contributed by atoms with Gasteiger partial charge in [-0.15, -0.1) is 0 Å². The summed E-state index contributed by atoms with van der Waals surface area (Å²) in [6.07, 6.45) is 7.96. The molecule has 20 heavy (non-hydrogen) atoms. The lowest BCUT2D eigenvalue weighted by molar-refractivity contribution is -0.138. The van der Waals surface area contributed by atoms with Gasteiger partial charge in [-0.3, -0.25) is 4.79 Å². The quantitative estimate of drug-likeness (QED) is 0.737. The summed E-state index contributed by atoms with van der Waals surface area (Å²) in [4.78, 5) is 24.6. The van der Waals surface area contributed by atoms with Gasteiger partial charge in [0.1, 0.15) is 0 Å². The van der Waals surface area contributed by atoms with Crippen molar-refractivity contribution >= 4 is 12.0 Å². The van der Waals surface area contributed by atoms with Gasteiger partial charge < -0.3 is 15.3 Å². The van der Waals surface area contributed by atoms with Crippen molar-refractivity contribution in [2.24, 2.45) is 5.92 Å². The van der Waals surface area contributed by atoms with E-state index in [2.05, 4.69) is 5.32 Å². The molecule has 2 N–H and O–H groups in total. The van der Waals surface area contributed by atoms with E-state index in [1.165, 1.54) is 25.7 Å². The highest BCUT2D eigenvalue weighted by atomic mass is 16.4. The van der Waals surface area contributed by atoms with Gasteiger partial charge in [0.25, 0.3) is 0 Å². The number of carboxylic acids is 1. The molecule has 1 rings (SSSR count). The Morgan fingerprint density at radius 3 is 2.35 bits per heavy atom. The minimum Gasteiger partial charge on any atom is -0.481 e. The Balaban J connectivity index is 2.38. The first-order chi connectivity index (χ1) is 9.54. The van der Waals surface area contributed by atoms with E-state index in [9.17, 15) is 9.59 Å². The van der Waals surface area contributed by atoms with Gasteiger partial charge in [0.2, 0.25) is 0 Å². The molecule has 5 heteroatoms. The third kappa shape index (κ3) is 5.80. The summed E-state index contributed by atoms with van der Waals surface area (Å²) in [6.45, 7) is 2.40. The molecule has 1 aliphatic carbocycles. The Morgan fingerprint density at radius 1 is 1.25 bits per heavy atom. The van der Waals surface area contributed by atoms with E-state index in [-0.39, 0.29) is 18.4 Å². The zero-order valence-corrected chi connectivity index (χ0v) is 12.7. The van der Waals surface area contributed by atoms with Gasteiger partial charge in [0, 0.05) is 26.1 Å². The number of aliphatic carboxylic acids is 1. The summed E-state index contributed by atoms with van der Waals surface area (Å²) in [5.74, 6) is -0.790. The first-order valence-corrected chi connectivity index (χ1v) is 7.77. The molecular weight excluding hydrogens is 256 g/mol. The summed E-state index contributed by atoms with van der Waals surface area (Å²) >= 11 is 0. The third-order valence-corrected chi connectivity index (χ3v) is 4.28. The van der Waals surface area contributed by atoms with E-state index >= 15 is 0 Å². The van der Waals surface area contributed by atoms with Gasteiger partial charge in [0.05, 0.1) is 0 Å². The number of carbonyl (C=O) groups excluding carboxylic acids is 1. The summed E-state index contributed by atoms with van der Waals surface area (Å²) in [5.41, 5.74) is 0. The lowest BCUT2D eigenvalue weighted by Gasteiger charge is -2.28. The fourth-order valence-corrected chi connectivity index (χ4v) is 2.78. The summed E-state index contributed by atoms with van der Waals surface area (Å²) in [5, 5.41) is 11.7. The molecule has 0 heterocycles. The van der Waals surface area contributed by atoms with Gasteiger partial charge >= 0.3 is 12.0 Å². The maximum atomic E-state index is 12.1. The number of hydrogen-bond donors (Lipinski definition) is 2. The summed E-state index contributed by atoms with van der Waals surface area (Å²) in [7, 11) is 1.85. The standard InChI is InChI=1S/C15H28N2O3/c1-3-12(10-14(18)19)11-16-15(20)17(2)13-8-6-4-5-7-9-13/h12-13H,3-11H2,1-2H3,(H,16,20)(H,18,19). The normalized spacial score (nSPS) is 18.1. The number of carboxylic acid groups (broad SMARTS) is 1. The Morgan fingerprint density at radius 2 is 1.85 bits per heavy atom. The molecule has 0 aromatic rings. The first-order valence-electron chi connectivity index (χ1n) is 7.77. The molecular formula is C15H28N2O3. The largest absolute Gasteiger partial charge is 0.481 e. The van der Waals surface area contributed by atoms with Crippen LogP contribution in [0.15, 0.2) is 0 Å². The number of nitrogens with one attached hydrogen (secondary N) is 1. The van der Waals surface area contributed by atoms with Crippen LogP contribution in [0.2, 0.25) is 0 Å². The van der Waals surface area contributed by atoms with Crippen molar-refractivity contribution in [3.05, 3.63) is 0 Å². The monoisotopic (exact) mass is 284 g/mol. The van der Waals surface area contributed by atoms with Crippen molar-refractivity contribution in [3.63, 3.8) is 0 Å². The van der Waals surface area contributed by atoms with Crippen LogP contribution in [0.5, 0.6) is 0 Å². The molecule has 1 aliphatic rings. The number of hydrogen-bond acceptors (Lipinski definition) is 2. The predicted molar refractivity (Wildman–Crippen MR) is 78.7 cm³/mol. The van der Waals surface area contributed by atoms with Gasteiger partial charge in [-0.05, 0) is 18.8 Å². The third-order valence-electron chi connectivity index (χ3n) is 4.28. The molecule has 0 saturated heterocycles. The lowest BCUT2D eigenvalue weighted by Crippen LogP contribution is -2.45. The fourth-order valence-electron chi connectivity index (χ4n) is 2.78. The van der Waals surface area contributed by atoms with Crippen molar-refractivity contribution in [1.82, 2.24) is 10.2 Å². The Labute approximate surface area is 121 Å². The molecule has 1 saturated carbocycles. The molecule has 0 bridgehead atoms. The highest BCUT2D eigenvalue weighted by Crippen LogP contribution is 2.21. The van der Waals surface area contributed by atoms with Crippen molar-refractivity contribution in [2.45, 2.75) is 64.3 Å². The van der Waals surface area contributed by atoms with E-state index in [0.29, 0.717) is 12.6 Å². The van der Waals surface area contributed by atoms with Gasteiger partial charge in [-0.1, -0.05) is 39.0 Å². The van der Waals surface area contributed by atoms with Crippen molar-refractivity contribution in [3.8, 4) is 0 Å². The minimum atomic E-state index is -0.803. The van der Waals surface area contributed by atoms with E-state index in [0.717, 1.165) is 19.3 Å². The molecule has 1 atom stereocenters. The molecule has 0 aromatic carbocycles. The minimum absolute atomic E-state index is 0.0129. The fraction of sp³-hybridized carbons (Fsp3) is 0.867. The second-order valence-corrected chi connectivity index (χ2v) is 5.81. The van der Waals surface area contributed by atoms with E-state index < -0.39 is 5.97 Å². The Bertz CT molecular complexity index is 312. The van der Waals surface area contributed by atoms with E-state index in [4.69, 9.17) is 5.11 Å². The van der Waals surface area contributed by atoms with Gasteiger partial charge in [0.15, 0.2) is 0 Å². The van der Waals surface area contributed by atoms with Crippen LogP contribution >= 0.6 is 0 Å². The second kappa shape index (κ2) is 8.82. The summed E-state index contributed by atoms with van der Waals surface area (Å²) in [6, 6.07) is 0.262. The molecule has 0 aliphatic heterocycles. The highest BCUT2D eigenvalue weighted by molar-refractivity contribution is 5.74. The number of urea groups is 1. The topological polar surface area (TPSA) is 69.6 Å². The van der Waals surface area contributed by atoms with Crippen LogP contribution < -0.4 is 5.32 Å². The van der Waals surface area contributed by atoms with Crippen LogP contribution in [0.4, 0.5) is 4.79 Å². The van der Waals surface area contributed by atoms with Crippen LogP contribution in [0, 0.1) is 5.92 Å². The average Bonchev–Trinajstić information content (AvgIpc) is 2.70. The Hall–Kier alpha value is -1.26. The van der Waals surface area contributed by atoms with Crippen LogP contribution in [-0.2, 0) is 4.79 Å². The average molecular weight is 284 g/mol. The molecule has 2 amide bonds. The molecule has 0 radical (unpaired) electrons. The highest BCUT2D eigenvalue weighted by Gasteiger charge is 2.21. The van der Waals surface area contributed by atoms with Crippen molar-refractivity contribution in [2.75, 3.05) is 13.6 Å². The second-order valence-electron chi connectivity index (χ2n) is 5.81. The number of nitrogens with zero attached hydrogens (tertiary/aromatic N) is 1. The lowest BCUT2D eigenvalue weighted by atomic mass is 10.0. The van der Waals surface area contributed by atoms with Gasteiger partial charge in [-0.2, -0.15) is 0 Å². The maximum Gasteiger partial charge on any atom is 0.317 e. The zero-order chi connectivity index (χ0) is 15.0. The molecule has 1 unspecified atom stereocenters. The molecule has 116 valence electrons. The molecule has 0 spiro atoms. The number of rotatable bonds is 6. The number of carbonyl (C=O) groups is 2. The zero-order valence-electron chi connectivity index (χ0n) is 12.7. The predicted octanol–water partition coefficient (Wildman–Crippen LogP) is 2.85. The first kappa shape index (κ1) is 16.8. The van der Waals surface area contributed by atoms with E-state index in [1.54, 1.807) is 4.90 Å². The van der Waals surface area contributed by atoms with E-state index in [1.807, 2.05) is 14.0 Å². The number of amides is 2. The SMILES string of the molecule is CCC(CNC(=O)N(C)C1CCCCCC1)CC(=O)O.